The number of imidazole rings is 1. The van der Waals surface area contributed by atoms with Crippen molar-refractivity contribution in [3.05, 3.63) is 49.8 Å². The van der Waals surface area contributed by atoms with Crippen molar-refractivity contribution in [2.75, 3.05) is 26.1 Å². The lowest BCUT2D eigenvalue weighted by Gasteiger charge is -2.24. The fourth-order valence-electron chi connectivity index (χ4n) is 4.64. The lowest BCUT2D eigenvalue weighted by Crippen LogP contribution is -2.36. The van der Waals surface area contributed by atoms with Crippen LogP contribution in [0.15, 0.2) is 33.0 Å². The minimum atomic E-state index is -5.09. The third-order valence-corrected chi connectivity index (χ3v) is 8.56. The number of phosphoric ester groups is 2. The number of anilines is 1. The molecule has 0 aromatic carbocycles. The number of nitrogens with two attached hydrogens (primary N) is 1. The van der Waals surface area contributed by atoms with Crippen molar-refractivity contribution >= 4 is 32.8 Å². The molecule has 242 valence electrons. The fourth-order valence-corrected chi connectivity index (χ4v) is 6.06. The Morgan fingerprint density at radius 1 is 1.07 bits per heavy atom. The maximum Gasteiger partial charge on any atom is 0.472 e. The molecule has 2 unspecified atom stereocenters. The van der Waals surface area contributed by atoms with E-state index in [1.165, 1.54) is 0 Å². The van der Waals surface area contributed by atoms with Gasteiger partial charge in [-0.15, -0.1) is 0 Å². The van der Waals surface area contributed by atoms with Crippen LogP contribution in [-0.2, 0) is 36.7 Å². The van der Waals surface area contributed by atoms with E-state index in [2.05, 4.69) is 19.5 Å². The highest BCUT2D eigenvalue weighted by molar-refractivity contribution is 7.47. The second kappa shape index (κ2) is 12.4. The maximum atomic E-state index is 13.0. The summed E-state index contributed by atoms with van der Waals surface area (Å²) in [6.45, 7) is -1.43. The van der Waals surface area contributed by atoms with Crippen molar-refractivity contribution in [3.8, 4) is 0 Å². The number of rotatable bonds is 11. The molecule has 9 atom stereocenters. The van der Waals surface area contributed by atoms with E-state index >= 15 is 0 Å². The Labute approximate surface area is 244 Å². The van der Waals surface area contributed by atoms with Gasteiger partial charge in [-0.3, -0.25) is 46.8 Å². The first kappa shape index (κ1) is 32.3. The Morgan fingerprint density at radius 3 is 2.50 bits per heavy atom. The number of nitrogen functional groups attached to an aromatic ring is 1. The quantitative estimate of drug-likeness (QED) is 0.103. The highest BCUT2D eigenvalue weighted by atomic mass is 31.2. The zero-order chi connectivity index (χ0) is 32.0. The Hall–Kier alpha value is -3.11. The van der Waals surface area contributed by atoms with E-state index in [0.717, 1.165) is 34.8 Å². The molecule has 0 amide bonds. The summed E-state index contributed by atoms with van der Waals surface area (Å²) in [5.74, 6) is -0.286. The number of ether oxygens (including phenoxy) is 2. The Morgan fingerprint density at radius 2 is 1.80 bits per heavy atom. The van der Waals surface area contributed by atoms with Crippen molar-refractivity contribution in [1.82, 2.24) is 29.1 Å². The number of aliphatic hydroxyl groups is 2. The summed E-state index contributed by atoms with van der Waals surface area (Å²) in [6, 6.07) is 1.04. The summed E-state index contributed by atoms with van der Waals surface area (Å²) in [5.41, 5.74) is 3.08. The molecule has 0 radical (unpaired) electrons. The monoisotopic (exact) mass is 667 g/mol. The van der Waals surface area contributed by atoms with Gasteiger partial charge in [0.05, 0.1) is 25.6 Å². The zero-order valence-electron chi connectivity index (χ0n) is 22.4. The van der Waals surface area contributed by atoms with E-state index in [4.69, 9.17) is 28.8 Å². The second-order valence-electron chi connectivity index (χ2n) is 9.58. The van der Waals surface area contributed by atoms with Gasteiger partial charge in [-0.2, -0.15) is 4.98 Å². The van der Waals surface area contributed by atoms with Crippen LogP contribution < -0.4 is 22.5 Å². The minimum absolute atomic E-state index is 0.128. The first-order valence-corrected chi connectivity index (χ1v) is 15.6. The smallest absolute Gasteiger partial charge is 0.388 e. The predicted molar refractivity (Wildman–Crippen MR) is 142 cm³/mol. The largest absolute Gasteiger partial charge is 0.472 e. The third-order valence-electron chi connectivity index (χ3n) is 6.64. The topological polar surface area (TPSA) is 315 Å². The van der Waals surface area contributed by atoms with Gasteiger partial charge in [0.1, 0.15) is 24.4 Å². The summed E-state index contributed by atoms with van der Waals surface area (Å²) in [4.78, 5) is 67.9. The van der Waals surface area contributed by atoms with E-state index < -0.39 is 88.6 Å². The van der Waals surface area contributed by atoms with Gasteiger partial charge in [0.2, 0.25) is 5.95 Å². The molecule has 2 saturated heterocycles. The van der Waals surface area contributed by atoms with Crippen LogP contribution in [-0.4, -0.2) is 99.9 Å². The van der Waals surface area contributed by atoms with Gasteiger partial charge in [0, 0.05) is 25.8 Å². The van der Waals surface area contributed by atoms with Gasteiger partial charge < -0.3 is 35.2 Å². The van der Waals surface area contributed by atoms with Gasteiger partial charge in [-0.25, -0.2) is 18.9 Å². The van der Waals surface area contributed by atoms with Crippen LogP contribution in [0, 0.1) is 0 Å². The van der Waals surface area contributed by atoms with Crippen LogP contribution in [0.1, 0.15) is 18.9 Å². The Bertz CT molecular complexity index is 1790. The van der Waals surface area contributed by atoms with Gasteiger partial charge in [-0.05, 0) is 0 Å². The number of hydrogen-bond acceptors (Lipinski definition) is 16. The maximum absolute atomic E-state index is 13.0. The zero-order valence-corrected chi connectivity index (χ0v) is 24.2. The van der Waals surface area contributed by atoms with Crippen LogP contribution in [0.2, 0.25) is 0 Å². The molecule has 2 aliphatic rings. The molecule has 0 aliphatic carbocycles. The molecule has 0 bridgehead atoms. The van der Waals surface area contributed by atoms with Crippen molar-refractivity contribution < 1.29 is 56.7 Å². The van der Waals surface area contributed by atoms with Crippen LogP contribution in [0.25, 0.3) is 11.2 Å². The van der Waals surface area contributed by atoms with Crippen LogP contribution >= 0.6 is 15.6 Å². The average molecular weight is 667 g/mol. The number of H-pyrrole nitrogens is 2. The number of fused-ring (bicyclic) bond motifs is 1. The summed E-state index contributed by atoms with van der Waals surface area (Å²) in [6.07, 6.45) is -8.04. The van der Waals surface area contributed by atoms with Crippen LogP contribution in [0.5, 0.6) is 0 Å². The molecular weight excluding hydrogens is 640 g/mol. The number of aliphatic hydroxyl groups excluding tert-OH is 2. The molecule has 3 aromatic rings. The molecule has 24 heteroatoms. The van der Waals surface area contributed by atoms with Gasteiger partial charge in [-0.1, -0.05) is 0 Å². The van der Waals surface area contributed by atoms with Crippen molar-refractivity contribution in [2.24, 2.45) is 0 Å². The summed E-state index contributed by atoms with van der Waals surface area (Å²) < 4.78 is 57.5. The molecule has 0 spiro atoms. The van der Waals surface area contributed by atoms with Gasteiger partial charge in [0.25, 0.3) is 11.1 Å². The summed E-state index contributed by atoms with van der Waals surface area (Å²) in [7, 11) is -8.78. The summed E-state index contributed by atoms with van der Waals surface area (Å²) >= 11 is 0. The lowest BCUT2D eigenvalue weighted by molar-refractivity contribution is -0.0585. The minimum Gasteiger partial charge on any atom is -0.388 e. The van der Waals surface area contributed by atoms with Crippen molar-refractivity contribution in [3.63, 3.8) is 0 Å². The van der Waals surface area contributed by atoms with E-state index in [0.29, 0.717) is 0 Å². The van der Waals surface area contributed by atoms with Gasteiger partial charge in [0.15, 0.2) is 23.6 Å². The average Bonchev–Trinajstić information content (AvgIpc) is 3.62. The Kier molecular flexibility index (Phi) is 9.06. The van der Waals surface area contributed by atoms with E-state index in [-0.39, 0.29) is 23.5 Å². The molecule has 8 N–H and O–H groups in total. The number of hydrogen-bond donors (Lipinski definition) is 7. The third kappa shape index (κ3) is 6.76. The SMILES string of the molecule is COP(=O)(O)OC[C@H]1O[C@@H](n2cnc3c(=O)[nH]c(N)nc32)[C@H](O)[C@@H]1OP(=O)(O)OC[C@@H]1C[C@@H](O)[C@H](n2ccc(=O)[nH]c2=O)O1. The number of aromatic nitrogens is 6. The van der Waals surface area contributed by atoms with E-state index in [1.54, 1.807) is 0 Å². The predicted octanol–water partition coefficient (Wildman–Crippen LogP) is -2.58. The Balaban J connectivity index is 1.31. The van der Waals surface area contributed by atoms with E-state index in [9.17, 15) is 43.5 Å². The molecule has 5 heterocycles. The van der Waals surface area contributed by atoms with E-state index in [1.807, 2.05) is 4.98 Å². The lowest BCUT2D eigenvalue weighted by atomic mass is 10.1. The number of aromatic amines is 2. The van der Waals surface area contributed by atoms with Crippen LogP contribution in [0.4, 0.5) is 5.95 Å². The highest BCUT2D eigenvalue weighted by Gasteiger charge is 2.50. The molecule has 3 aromatic heterocycles. The fraction of sp³-hybridized carbons (Fsp3) is 0.550. The molecule has 44 heavy (non-hydrogen) atoms. The molecular formula is C20H27N7O15P2. The molecule has 0 saturated carbocycles. The first-order valence-electron chi connectivity index (χ1n) is 12.6. The summed E-state index contributed by atoms with van der Waals surface area (Å²) in [5, 5.41) is 21.5. The van der Waals surface area contributed by atoms with Crippen LogP contribution in [0.3, 0.4) is 0 Å². The molecule has 2 aliphatic heterocycles. The second-order valence-corrected chi connectivity index (χ2v) is 12.5. The number of nitrogens with one attached hydrogen (secondary N) is 2. The number of nitrogens with zero attached hydrogens (tertiary/aromatic N) is 4. The molecule has 2 fully saturated rings. The number of phosphoric acid groups is 2. The van der Waals surface area contributed by atoms with Crippen molar-refractivity contribution in [2.45, 2.75) is 49.4 Å². The normalized spacial score (nSPS) is 30.0. The van der Waals surface area contributed by atoms with Crippen molar-refractivity contribution in [1.29, 1.82) is 0 Å². The standard InChI is InChI=1S/C20H27N7O15P2/c1-37-43(33,34)39-6-10-14(13(30)18(41-10)27-7-22-12-15(27)24-19(21)25-16(12)31)42-44(35,36)38-5-8-4-9(28)17(40-8)26-3-2-11(29)23-20(26)32/h2-3,7-10,13-14,17-18,28,30H,4-6H2,1H3,(H,33,34)(H,35,36)(H,23,29,32)(H3,21,24,25,31)/t8-,9+,10+,13+,14+,17+,18+/m0/s1. The highest BCUT2D eigenvalue weighted by Crippen LogP contribution is 2.50. The molecule has 5 rings (SSSR count). The van der Waals surface area contributed by atoms with Gasteiger partial charge >= 0.3 is 21.3 Å². The first-order chi connectivity index (χ1) is 20.7. The molecule has 22 nitrogen and oxygen atoms in total.